The molecule has 3 aromatic rings. The second-order valence-corrected chi connectivity index (χ2v) is 5.20. The summed E-state index contributed by atoms with van der Waals surface area (Å²) >= 11 is 6.17. The van der Waals surface area contributed by atoms with E-state index in [1.54, 1.807) is 30.3 Å². The van der Waals surface area contributed by atoms with Gasteiger partial charge in [-0.1, -0.05) is 29.8 Å². The maximum absolute atomic E-state index is 9.27. The van der Waals surface area contributed by atoms with Gasteiger partial charge in [0, 0.05) is 5.39 Å². The first-order valence-electron chi connectivity index (χ1n) is 6.84. The van der Waals surface area contributed by atoms with E-state index in [2.05, 4.69) is 15.1 Å². The van der Waals surface area contributed by atoms with E-state index in [9.17, 15) is 5.11 Å². The van der Waals surface area contributed by atoms with Crippen molar-refractivity contribution in [2.75, 3.05) is 0 Å². The fourth-order valence-electron chi connectivity index (χ4n) is 2.09. The van der Waals surface area contributed by atoms with Crippen LogP contribution in [0.4, 0.5) is 5.69 Å². The van der Waals surface area contributed by atoms with Crippen molar-refractivity contribution in [3.8, 4) is 5.75 Å². The molecule has 0 unspecified atom stereocenters. The third-order valence-corrected chi connectivity index (χ3v) is 3.56. The van der Waals surface area contributed by atoms with Gasteiger partial charge in [-0.05, 0) is 36.4 Å². The van der Waals surface area contributed by atoms with Crippen LogP contribution in [0.1, 0.15) is 5.69 Å². The van der Waals surface area contributed by atoms with Gasteiger partial charge in [-0.15, -0.1) is 0 Å². The van der Waals surface area contributed by atoms with Gasteiger partial charge in [0.05, 0.1) is 28.1 Å². The van der Waals surface area contributed by atoms with Gasteiger partial charge < -0.3 is 10.9 Å². The van der Waals surface area contributed by atoms with E-state index < -0.39 is 0 Å². The molecule has 1 aromatic heterocycles. The Kier molecular flexibility index (Phi) is 4.21. The van der Waals surface area contributed by atoms with Crippen LogP contribution in [0.2, 0.25) is 5.02 Å². The lowest BCUT2D eigenvalue weighted by Gasteiger charge is -2.03. The third kappa shape index (κ3) is 3.30. The van der Waals surface area contributed by atoms with Crippen LogP contribution in [-0.4, -0.2) is 22.0 Å². The Morgan fingerprint density at radius 2 is 1.87 bits per heavy atom. The summed E-state index contributed by atoms with van der Waals surface area (Å²) in [7, 11) is 0. The van der Waals surface area contributed by atoms with Gasteiger partial charge in [0.1, 0.15) is 11.5 Å². The standard InChI is InChI=1S/C17H13ClN4O/c18-14-3-1-2-11-4-9-15(21-17(11)14)16(22-19)10-20-12-5-7-13(23)8-6-12/h1-10,23H,19H2. The van der Waals surface area contributed by atoms with E-state index in [1.807, 2.05) is 24.3 Å². The van der Waals surface area contributed by atoms with Crippen molar-refractivity contribution in [3.63, 3.8) is 0 Å². The summed E-state index contributed by atoms with van der Waals surface area (Å²) in [6.45, 7) is 0. The first-order chi connectivity index (χ1) is 11.2. The molecule has 0 saturated heterocycles. The minimum atomic E-state index is 0.183. The largest absolute Gasteiger partial charge is 0.508 e. The number of benzene rings is 2. The maximum Gasteiger partial charge on any atom is 0.127 e. The molecule has 0 bridgehead atoms. The van der Waals surface area contributed by atoms with Gasteiger partial charge in [-0.2, -0.15) is 5.10 Å². The number of phenolic OH excluding ortho intramolecular Hbond substituents is 1. The van der Waals surface area contributed by atoms with E-state index in [4.69, 9.17) is 17.4 Å². The molecule has 23 heavy (non-hydrogen) atoms. The number of aliphatic imine (C=N–C) groups is 1. The predicted molar refractivity (Wildman–Crippen MR) is 93.7 cm³/mol. The second kappa shape index (κ2) is 6.46. The zero-order valence-corrected chi connectivity index (χ0v) is 12.8. The minimum absolute atomic E-state index is 0.183. The SMILES string of the molecule is NN=C(C=Nc1ccc(O)cc1)c1ccc2cccc(Cl)c2n1. The molecular formula is C17H13ClN4O. The molecule has 0 aliphatic rings. The number of nitrogens with zero attached hydrogens (tertiary/aromatic N) is 3. The number of rotatable bonds is 3. The van der Waals surface area contributed by atoms with E-state index in [1.165, 1.54) is 6.21 Å². The molecule has 0 amide bonds. The normalized spacial score (nSPS) is 12.1. The Bertz CT molecular complexity index is 904. The number of hydrazone groups is 1. The number of halogens is 1. The summed E-state index contributed by atoms with van der Waals surface area (Å²) in [5.74, 6) is 5.64. The molecule has 0 radical (unpaired) electrons. The average molecular weight is 325 g/mol. The van der Waals surface area contributed by atoms with Gasteiger partial charge >= 0.3 is 0 Å². The highest BCUT2D eigenvalue weighted by Gasteiger charge is 2.06. The highest BCUT2D eigenvalue weighted by atomic mass is 35.5. The predicted octanol–water partition coefficient (Wildman–Crippen LogP) is 3.66. The van der Waals surface area contributed by atoms with Crippen molar-refractivity contribution in [2.45, 2.75) is 0 Å². The quantitative estimate of drug-likeness (QED) is 0.438. The number of aromatic nitrogens is 1. The van der Waals surface area contributed by atoms with Gasteiger partial charge in [-0.25, -0.2) is 4.98 Å². The first-order valence-corrected chi connectivity index (χ1v) is 7.22. The summed E-state index contributed by atoms with van der Waals surface area (Å²) in [6, 6.07) is 15.8. The van der Waals surface area contributed by atoms with E-state index in [0.29, 0.717) is 27.6 Å². The Morgan fingerprint density at radius 3 is 2.61 bits per heavy atom. The van der Waals surface area contributed by atoms with Gasteiger partial charge in [0.15, 0.2) is 0 Å². The first kappa shape index (κ1) is 15.0. The van der Waals surface area contributed by atoms with E-state index >= 15 is 0 Å². The highest BCUT2D eigenvalue weighted by Crippen LogP contribution is 2.22. The fourth-order valence-corrected chi connectivity index (χ4v) is 2.32. The number of para-hydroxylation sites is 1. The maximum atomic E-state index is 9.27. The van der Waals surface area contributed by atoms with E-state index in [-0.39, 0.29) is 5.75 Å². The Hall–Kier alpha value is -2.92. The molecule has 1 heterocycles. The smallest absolute Gasteiger partial charge is 0.127 e. The Labute approximate surface area is 137 Å². The summed E-state index contributed by atoms with van der Waals surface area (Å²) < 4.78 is 0. The Balaban J connectivity index is 1.95. The summed E-state index contributed by atoms with van der Waals surface area (Å²) in [5, 5.41) is 14.5. The highest BCUT2D eigenvalue weighted by molar-refractivity contribution is 6.38. The zero-order chi connectivity index (χ0) is 16.2. The molecule has 2 aromatic carbocycles. The lowest BCUT2D eigenvalue weighted by Crippen LogP contribution is -2.08. The molecule has 0 aliphatic heterocycles. The van der Waals surface area contributed by atoms with Crippen molar-refractivity contribution < 1.29 is 5.11 Å². The van der Waals surface area contributed by atoms with Crippen molar-refractivity contribution in [3.05, 3.63) is 65.3 Å². The average Bonchev–Trinajstić information content (AvgIpc) is 2.57. The number of pyridine rings is 1. The lowest BCUT2D eigenvalue weighted by molar-refractivity contribution is 0.475. The number of aromatic hydroxyl groups is 1. The molecular weight excluding hydrogens is 312 g/mol. The third-order valence-electron chi connectivity index (χ3n) is 3.26. The van der Waals surface area contributed by atoms with Crippen LogP contribution in [0.3, 0.4) is 0 Å². The molecule has 0 aliphatic carbocycles. The number of phenols is 1. The fraction of sp³-hybridized carbons (Fsp3) is 0. The van der Waals surface area contributed by atoms with E-state index in [0.717, 1.165) is 5.39 Å². The molecule has 0 saturated carbocycles. The lowest BCUT2D eigenvalue weighted by atomic mass is 10.1. The van der Waals surface area contributed by atoms with Crippen LogP contribution in [-0.2, 0) is 0 Å². The van der Waals surface area contributed by atoms with Crippen LogP contribution >= 0.6 is 11.6 Å². The molecule has 114 valence electrons. The number of fused-ring (bicyclic) bond motifs is 1. The summed E-state index contributed by atoms with van der Waals surface area (Å²) in [6.07, 6.45) is 1.53. The number of hydrogen-bond acceptors (Lipinski definition) is 5. The van der Waals surface area contributed by atoms with Crippen molar-refractivity contribution in [2.24, 2.45) is 15.9 Å². The molecule has 0 fully saturated rings. The number of nitrogens with two attached hydrogens (primary N) is 1. The summed E-state index contributed by atoms with van der Waals surface area (Å²) in [4.78, 5) is 8.78. The monoisotopic (exact) mass is 324 g/mol. The zero-order valence-electron chi connectivity index (χ0n) is 12.0. The Morgan fingerprint density at radius 1 is 1.09 bits per heavy atom. The molecule has 5 nitrogen and oxygen atoms in total. The molecule has 0 spiro atoms. The molecule has 3 N–H and O–H groups in total. The van der Waals surface area contributed by atoms with Gasteiger partial charge in [0.25, 0.3) is 0 Å². The van der Waals surface area contributed by atoms with Crippen LogP contribution in [0.25, 0.3) is 10.9 Å². The number of hydrogen-bond donors (Lipinski definition) is 2. The van der Waals surface area contributed by atoms with Crippen molar-refractivity contribution in [1.29, 1.82) is 0 Å². The summed E-state index contributed by atoms with van der Waals surface area (Å²) in [5.41, 5.74) is 2.36. The second-order valence-electron chi connectivity index (χ2n) is 4.80. The molecule has 0 atom stereocenters. The van der Waals surface area contributed by atoms with Crippen LogP contribution in [0.5, 0.6) is 5.75 Å². The van der Waals surface area contributed by atoms with Crippen molar-refractivity contribution >= 4 is 40.1 Å². The van der Waals surface area contributed by atoms with Crippen LogP contribution in [0.15, 0.2) is 64.7 Å². The molecule has 3 rings (SSSR count). The van der Waals surface area contributed by atoms with Crippen LogP contribution in [0, 0.1) is 0 Å². The van der Waals surface area contributed by atoms with Gasteiger partial charge in [-0.3, -0.25) is 4.99 Å². The van der Waals surface area contributed by atoms with Crippen LogP contribution < -0.4 is 5.84 Å². The van der Waals surface area contributed by atoms with Gasteiger partial charge in [0.2, 0.25) is 0 Å². The topological polar surface area (TPSA) is 83.9 Å². The minimum Gasteiger partial charge on any atom is -0.508 e. The molecule has 6 heteroatoms. The van der Waals surface area contributed by atoms with Crippen molar-refractivity contribution in [1.82, 2.24) is 4.98 Å².